The first-order valence-corrected chi connectivity index (χ1v) is 13.0. The van der Waals surface area contributed by atoms with Gasteiger partial charge < -0.3 is 25.0 Å². The molecule has 8 nitrogen and oxygen atoms in total. The lowest BCUT2D eigenvalue weighted by molar-refractivity contribution is 0.0139. The summed E-state index contributed by atoms with van der Waals surface area (Å²) in [6.45, 7) is 5.63. The highest BCUT2D eigenvalue weighted by Gasteiger charge is 2.29. The summed E-state index contributed by atoms with van der Waals surface area (Å²) < 4.78 is 10.7. The van der Waals surface area contributed by atoms with Gasteiger partial charge in [0, 0.05) is 12.5 Å². The van der Waals surface area contributed by atoms with E-state index in [-0.39, 0.29) is 25.5 Å². The van der Waals surface area contributed by atoms with E-state index >= 15 is 0 Å². The van der Waals surface area contributed by atoms with Crippen LogP contribution in [0.1, 0.15) is 55.9 Å². The topological polar surface area (TPSA) is 117 Å². The van der Waals surface area contributed by atoms with Gasteiger partial charge in [-0.05, 0) is 66.5 Å². The molecule has 4 rings (SSSR count). The zero-order valence-electron chi connectivity index (χ0n) is 21.1. The molecule has 0 radical (unpaired) electrons. The Kier molecular flexibility index (Phi) is 8.16. The second-order valence-corrected chi connectivity index (χ2v) is 10.8. The molecule has 1 aromatic heterocycles. The van der Waals surface area contributed by atoms with Crippen molar-refractivity contribution in [3.8, 4) is 11.1 Å². The lowest BCUT2D eigenvalue weighted by atomic mass is 9.98. The largest absolute Gasteiger partial charge is 0.449 e. The highest BCUT2D eigenvalue weighted by molar-refractivity contribution is 7.14. The molecule has 1 aliphatic rings. The second-order valence-electron chi connectivity index (χ2n) is 9.92. The number of hydrogen-bond acceptors (Lipinski definition) is 7. The highest BCUT2D eigenvalue weighted by atomic mass is 32.1. The van der Waals surface area contributed by atoms with E-state index in [0.717, 1.165) is 22.3 Å². The zero-order chi connectivity index (χ0) is 26.6. The summed E-state index contributed by atoms with van der Waals surface area (Å²) in [6, 6.07) is 17.8. The standard InChI is InChI=1S/C28H32N2O6S/c1-28(2,3)36-27(34)30-24-14-17(16-37-24)25(32)23(31)12-13-29-26(33)35-15-22-20-10-6-4-8-18(20)19-9-5-7-11-21(19)22/h4-11,14,16,22-23,25,31-32H,12-13,15H2,1-3H3,(H,29,33)(H,30,34). The van der Waals surface area contributed by atoms with Crippen LogP contribution in [0.3, 0.4) is 0 Å². The fourth-order valence-electron chi connectivity index (χ4n) is 4.33. The number of carbonyl (C=O) groups excluding carboxylic acids is 2. The van der Waals surface area contributed by atoms with Crippen molar-refractivity contribution in [3.05, 3.63) is 76.7 Å². The fraction of sp³-hybridized carbons (Fsp3) is 0.357. The first-order valence-electron chi connectivity index (χ1n) is 12.2. The molecule has 0 spiro atoms. The number of amides is 2. The Morgan fingerprint density at radius 2 is 1.62 bits per heavy atom. The van der Waals surface area contributed by atoms with Crippen LogP contribution in [0, 0.1) is 0 Å². The molecule has 0 fully saturated rings. The van der Waals surface area contributed by atoms with Crippen molar-refractivity contribution < 1.29 is 29.3 Å². The van der Waals surface area contributed by atoms with Gasteiger partial charge in [0.15, 0.2) is 0 Å². The third-order valence-corrected chi connectivity index (χ3v) is 6.87. The van der Waals surface area contributed by atoms with E-state index in [0.29, 0.717) is 10.6 Å². The van der Waals surface area contributed by atoms with E-state index < -0.39 is 30.0 Å². The third kappa shape index (κ3) is 6.68. The molecular weight excluding hydrogens is 492 g/mol. The van der Waals surface area contributed by atoms with Gasteiger partial charge in [-0.3, -0.25) is 5.32 Å². The Bertz CT molecular complexity index is 1210. The quantitative estimate of drug-likeness (QED) is 0.313. The Labute approximate surface area is 220 Å². The first-order chi connectivity index (χ1) is 17.6. The van der Waals surface area contributed by atoms with E-state index in [2.05, 4.69) is 34.9 Å². The molecule has 1 aliphatic carbocycles. The number of aliphatic hydroxyl groups is 2. The van der Waals surface area contributed by atoms with Gasteiger partial charge in [0.1, 0.15) is 18.3 Å². The average molecular weight is 525 g/mol. The summed E-state index contributed by atoms with van der Waals surface area (Å²) >= 11 is 1.21. The van der Waals surface area contributed by atoms with Crippen molar-refractivity contribution in [2.24, 2.45) is 0 Å². The third-order valence-electron chi connectivity index (χ3n) is 6.00. The molecule has 2 aromatic carbocycles. The van der Waals surface area contributed by atoms with Crippen LogP contribution in [0.15, 0.2) is 60.0 Å². The smallest absolute Gasteiger partial charge is 0.412 e. The van der Waals surface area contributed by atoms with Gasteiger partial charge >= 0.3 is 12.2 Å². The molecule has 0 bridgehead atoms. The minimum atomic E-state index is -1.17. The van der Waals surface area contributed by atoms with E-state index in [1.54, 1.807) is 32.2 Å². The summed E-state index contributed by atoms with van der Waals surface area (Å²) in [7, 11) is 0. The van der Waals surface area contributed by atoms with Crippen molar-refractivity contribution in [1.82, 2.24) is 5.32 Å². The summed E-state index contributed by atoms with van der Waals surface area (Å²) in [5.41, 5.74) is 4.41. The number of ether oxygens (including phenoxy) is 2. The predicted molar refractivity (Wildman–Crippen MR) is 143 cm³/mol. The van der Waals surface area contributed by atoms with Gasteiger partial charge in [-0.25, -0.2) is 9.59 Å². The Morgan fingerprint density at radius 3 is 2.24 bits per heavy atom. The molecule has 2 amide bonds. The van der Waals surface area contributed by atoms with Crippen molar-refractivity contribution in [1.29, 1.82) is 0 Å². The van der Waals surface area contributed by atoms with Crippen molar-refractivity contribution in [2.45, 2.75) is 50.9 Å². The van der Waals surface area contributed by atoms with Crippen molar-refractivity contribution >= 4 is 28.5 Å². The van der Waals surface area contributed by atoms with Crippen molar-refractivity contribution in [3.63, 3.8) is 0 Å². The van der Waals surface area contributed by atoms with E-state index in [9.17, 15) is 19.8 Å². The minimum absolute atomic E-state index is 0.0346. The van der Waals surface area contributed by atoms with Crippen LogP contribution in [-0.4, -0.2) is 47.3 Å². The SMILES string of the molecule is CC(C)(C)OC(=O)Nc1cc(C(O)C(O)CCNC(=O)OCC2c3ccccc3-c3ccccc32)cs1. The summed E-state index contributed by atoms with van der Waals surface area (Å²) in [5.74, 6) is -0.0346. The van der Waals surface area contributed by atoms with Crippen molar-refractivity contribution in [2.75, 3.05) is 18.5 Å². The molecule has 37 heavy (non-hydrogen) atoms. The van der Waals surface area contributed by atoms with E-state index in [1.165, 1.54) is 11.3 Å². The van der Waals surface area contributed by atoms with Gasteiger partial charge in [0.25, 0.3) is 0 Å². The van der Waals surface area contributed by atoms with Crippen LogP contribution in [0.25, 0.3) is 11.1 Å². The lowest BCUT2D eigenvalue weighted by Gasteiger charge is -2.19. The number of aliphatic hydroxyl groups excluding tert-OH is 2. The van der Waals surface area contributed by atoms with Crippen LogP contribution >= 0.6 is 11.3 Å². The second kappa shape index (κ2) is 11.3. The molecule has 0 saturated heterocycles. The van der Waals surface area contributed by atoms with Crippen LogP contribution in [0.5, 0.6) is 0 Å². The van der Waals surface area contributed by atoms with Crippen LogP contribution in [-0.2, 0) is 9.47 Å². The van der Waals surface area contributed by atoms with Crippen LogP contribution in [0.4, 0.5) is 14.6 Å². The monoisotopic (exact) mass is 524 g/mol. The first kappa shape index (κ1) is 26.7. The molecule has 0 aliphatic heterocycles. The molecule has 1 heterocycles. The molecule has 196 valence electrons. The molecular formula is C28H32N2O6S. The summed E-state index contributed by atoms with van der Waals surface area (Å²) in [6.07, 6.45) is -3.34. The number of benzene rings is 2. The normalized spacial score (nSPS) is 14.3. The van der Waals surface area contributed by atoms with Gasteiger partial charge in [0.05, 0.1) is 11.1 Å². The predicted octanol–water partition coefficient (Wildman–Crippen LogP) is 5.42. The van der Waals surface area contributed by atoms with Crippen LogP contribution < -0.4 is 10.6 Å². The number of hydrogen-bond donors (Lipinski definition) is 4. The minimum Gasteiger partial charge on any atom is -0.449 e. The molecule has 2 atom stereocenters. The maximum absolute atomic E-state index is 12.3. The Hall–Kier alpha value is -3.40. The van der Waals surface area contributed by atoms with E-state index in [4.69, 9.17) is 9.47 Å². The maximum Gasteiger partial charge on any atom is 0.412 e. The summed E-state index contributed by atoms with van der Waals surface area (Å²) in [4.78, 5) is 24.2. The van der Waals surface area contributed by atoms with E-state index in [1.807, 2.05) is 24.3 Å². The number of anilines is 1. The Balaban J connectivity index is 1.23. The number of carbonyl (C=O) groups is 2. The molecule has 0 saturated carbocycles. The molecule has 3 aromatic rings. The maximum atomic E-state index is 12.3. The number of rotatable bonds is 8. The molecule has 4 N–H and O–H groups in total. The number of thiophene rings is 1. The lowest BCUT2D eigenvalue weighted by Crippen LogP contribution is -2.30. The average Bonchev–Trinajstić information content (AvgIpc) is 3.43. The molecule has 9 heteroatoms. The number of nitrogens with one attached hydrogen (secondary N) is 2. The van der Waals surface area contributed by atoms with Gasteiger partial charge in [-0.2, -0.15) is 0 Å². The zero-order valence-corrected chi connectivity index (χ0v) is 21.9. The van der Waals surface area contributed by atoms with Gasteiger partial charge in [-0.15, -0.1) is 11.3 Å². The molecule has 2 unspecified atom stereocenters. The highest BCUT2D eigenvalue weighted by Crippen LogP contribution is 2.44. The van der Waals surface area contributed by atoms with Gasteiger partial charge in [-0.1, -0.05) is 48.5 Å². The summed E-state index contributed by atoms with van der Waals surface area (Å²) in [5, 5.41) is 28.3. The van der Waals surface area contributed by atoms with Crippen LogP contribution in [0.2, 0.25) is 0 Å². The Morgan fingerprint density at radius 1 is 1.00 bits per heavy atom. The number of alkyl carbamates (subject to hydrolysis) is 1. The number of fused-ring (bicyclic) bond motifs is 3. The fourth-order valence-corrected chi connectivity index (χ4v) is 5.14. The van der Waals surface area contributed by atoms with Gasteiger partial charge in [0.2, 0.25) is 0 Å².